The standard InChI is InChI=1S/C26H32N4OS/c1-5-16-32-24-23(21-9-6-18(2)7-10-21)28-26(29-24)12-14-30(15-13-26)25(31)27-22-11-8-19(3)20(4)17-22/h6-11,17H,5,12-16H2,1-4H3,(H,27,31). The number of anilines is 1. The number of nitrogens with one attached hydrogen (secondary N) is 1. The Morgan fingerprint density at radius 2 is 1.75 bits per heavy atom. The first-order chi connectivity index (χ1) is 15.4. The summed E-state index contributed by atoms with van der Waals surface area (Å²) in [7, 11) is 0. The van der Waals surface area contributed by atoms with E-state index < -0.39 is 5.66 Å². The average molecular weight is 449 g/mol. The zero-order chi connectivity index (χ0) is 22.7. The third-order valence-corrected chi connectivity index (χ3v) is 7.38. The number of thioether (sulfide) groups is 1. The molecule has 2 aliphatic rings. The molecule has 2 aliphatic heterocycles. The maximum absolute atomic E-state index is 12.8. The highest BCUT2D eigenvalue weighted by Crippen LogP contribution is 2.36. The van der Waals surface area contributed by atoms with Crippen LogP contribution in [0.4, 0.5) is 10.5 Å². The van der Waals surface area contributed by atoms with Crippen molar-refractivity contribution >= 4 is 34.2 Å². The lowest BCUT2D eigenvalue weighted by Gasteiger charge is -2.35. The van der Waals surface area contributed by atoms with Crippen LogP contribution in [0, 0.1) is 20.8 Å². The van der Waals surface area contributed by atoms with Gasteiger partial charge in [-0.3, -0.25) is 4.99 Å². The summed E-state index contributed by atoms with van der Waals surface area (Å²) in [5.74, 6) is 1.03. The van der Waals surface area contributed by atoms with Crippen molar-refractivity contribution in [2.24, 2.45) is 9.98 Å². The van der Waals surface area contributed by atoms with E-state index in [1.807, 2.05) is 23.1 Å². The first-order valence-corrected chi connectivity index (χ1v) is 12.4. The molecule has 2 aromatic rings. The second-order valence-corrected chi connectivity index (χ2v) is 9.87. The number of rotatable bonds is 4. The maximum atomic E-state index is 12.8. The molecule has 0 unspecified atom stereocenters. The van der Waals surface area contributed by atoms with Crippen molar-refractivity contribution in [1.29, 1.82) is 0 Å². The van der Waals surface area contributed by atoms with Crippen molar-refractivity contribution in [3.63, 3.8) is 0 Å². The van der Waals surface area contributed by atoms with E-state index in [0.717, 1.165) is 47.0 Å². The van der Waals surface area contributed by atoms with Gasteiger partial charge >= 0.3 is 6.03 Å². The largest absolute Gasteiger partial charge is 0.324 e. The highest BCUT2D eigenvalue weighted by Gasteiger charge is 2.40. The van der Waals surface area contributed by atoms with Crippen molar-refractivity contribution in [2.75, 3.05) is 24.2 Å². The Morgan fingerprint density at radius 1 is 1.03 bits per heavy atom. The number of carbonyl (C=O) groups is 1. The van der Waals surface area contributed by atoms with Gasteiger partial charge in [0.25, 0.3) is 0 Å². The summed E-state index contributed by atoms with van der Waals surface area (Å²) in [5, 5.41) is 4.09. The fourth-order valence-electron chi connectivity index (χ4n) is 4.03. The van der Waals surface area contributed by atoms with Crippen LogP contribution in [-0.4, -0.2) is 46.2 Å². The Balaban J connectivity index is 1.47. The lowest BCUT2D eigenvalue weighted by atomic mass is 9.98. The summed E-state index contributed by atoms with van der Waals surface area (Å²) < 4.78 is 0. The number of hydrogen-bond acceptors (Lipinski definition) is 4. The number of aryl methyl sites for hydroxylation is 3. The van der Waals surface area contributed by atoms with Gasteiger partial charge in [0.1, 0.15) is 5.04 Å². The fraction of sp³-hybridized carbons (Fsp3) is 0.423. The third-order valence-electron chi connectivity index (χ3n) is 6.21. The highest BCUT2D eigenvalue weighted by atomic mass is 32.2. The zero-order valence-corrected chi connectivity index (χ0v) is 20.3. The second-order valence-electron chi connectivity index (χ2n) is 8.79. The fourth-order valence-corrected chi connectivity index (χ4v) is 4.97. The van der Waals surface area contributed by atoms with Crippen LogP contribution in [0.25, 0.3) is 0 Å². The van der Waals surface area contributed by atoms with Gasteiger partial charge in [0.05, 0.1) is 5.71 Å². The van der Waals surface area contributed by atoms with E-state index >= 15 is 0 Å². The lowest BCUT2D eigenvalue weighted by molar-refractivity contribution is 0.175. The normalized spacial score (nSPS) is 17.3. The quantitative estimate of drug-likeness (QED) is 0.625. The monoisotopic (exact) mass is 448 g/mol. The van der Waals surface area contributed by atoms with Gasteiger partial charge in [0, 0.05) is 37.2 Å². The van der Waals surface area contributed by atoms with Gasteiger partial charge in [0.2, 0.25) is 0 Å². The van der Waals surface area contributed by atoms with Gasteiger partial charge in [-0.15, -0.1) is 11.8 Å². The van der Waals surface area contributed by atoms with E-state index in [1.54, 1.807) is 11.8 Å². The lowest BCUT2D eigenvalue weighted by Crippen LogP contribution is -2.46. The Bertz CT molecular complexity index is 1050. The molecule has 2 aromatic carbocycles. The molecule has 6 heteroatoms. The van der Waals surface area contributed by atoms with Crippen molar-refractivity contribution in [1.82, 2.24) is 4.90 Å². The van der Waals surface area contributed by atoms with Crippen molar-refractivity contribution in [2.45, 2.75) is 52.6 Å². The minimum Gasteiger partial charge on any atom is -0.324 e. The average Bonchev–Trinajstić information content (AvgIpc) is 3.13. The summed E-state index contributed by atoms with van der Waals surface area (Å²) in [6.07, 6.45) is 2.60. The van der Waals surface area contributed by atoms with Gasteiger partial charge in [-0.1, -0.05) is 42.8 Å². The van der Waals surface area contributed by atoms with Crippen LogP contribution in [0.2, 0.25) is 0 Å². The molecule has 4 rings (SSSR count). The summed E-state index contributed by atoms with van der Waals surface area (Å²) in [6, 6.07) is 14.5. The number of benzene rings is 2. The van der Waals surface area contributed by atoms with Crippen LogP contribution in [0.5, 0.6) is 0 Å². The molecule has 0 saturated carbocycles. The Morgan fingerprint density at radius 3 is 2.41 bits per heavy atom. The number of likely N-dealkylation sites (tertiary alicyclic amines) is 1. The minimum atomic E-state index is -0.437. The Kier molecular flexibility index (Phi) is 6.70. The molecule has 2 heterocycles. The maximum Gasteiger partial charge on any atom is 0.321 e. The molecule has 168 valence electrons. The summed E-state index contributed by atoms with van der Waals surface area (Å²) in [5.41, 5.74) is 6.19. The van der Waals surface area contributed by atoms with Crippen LogP contribution >= 0.6 is 11.8 Å². The molecule has 0 aliphatic carbocycles. The van der Waals surface area contributed by atoms with Gasteiger partial charge < -0.3 is 10.2 Å². The third kappa shape index (κ3) is 4.90. The van der Waals surface area contributed by atoms with Gasteiger partial charge in [-0.2, -0.15) is 0 Å². The number of nitrogens with zero attached hydrogens (tertiary/aromatic N) is 3. The Hall–Kier alpha value is -2.60. The molecule has 32 heavy (non-hydrogen) atoms. The summed E-state index contributed by atoms with van der Waals surface area (Å²) in [4.78, 5) is 25.0. The van der Waals surface area contributed by atoms with E-state index in [-0.39, 0.29) is 6.03 Å². The molecule has 0 atom stereocenters. The van der Waals surface area contributed by atoms with Crippen LogP contribution < -0.4 is 5.32 Å². The topological polar surface area (TPSA) is 57.1 Å². The summed E-state index contributed by atoms with van der Waals surface area (Å²) >= 11 is 1.80. The zero-order valence-electron chi connectivity index (χ0n) is 19.4. The first-order valence-electron chi connectivity index (χ1n) is 11.4. The Labute approximate surface area is 195 Å². The number of piperidine rings is 1. The molecule has 5 nitrogen and oxygen atoms in total. The first kappa shape index (κ1) is 22.6. The number of amides is 2. The van der Waals surface area contributed by atoms with E-state index in [2.05, 4.69) is 57.3 Å². The van der Waals surface area contributed by atoms with Gasteiger partial charge in [-0.25, -0.2) is 9.79 Å². The smallest absolute Gasteiger partial charge is 0.321 e. The second kappa shape index (κ2) is 9.49. The molecule has 0 radical (unpaired) electrons. The van der Waals surface area contributed by atoms with Crippen molar-refractivity contribution in [3.8, 4) is 0 Å². The molecule has 2 amide bonds. The van der Waals surface area contributed by atoms with Crippen LogP contribution in [0.1, 0.15) is 48.4 Å². The number of urea groups is 1. The van der Waals surface area contributed by atoms with Crippen LogP contribution in [0.15, 0.2) is 52.4 Å². The molecule has 1 spiro atoms. The molecule has 1 saturated heterocycles. The molecule has 0 bridgehead atoms. The summed E-state index contributed by atoms with van der Waals surface area (Å²) in [6.45, 7) is 9.72. The van der Waals surface area contributed by atoms with E-state index in [1.165, 1.54) is 16.7 Å². The predicted octanol–water partition coefficient (Wildman–Crippen LogP) is 5.98. The molecule has 1 fully saturated rings. The molecular weight excluding hydrogens is 416 g/mol. The predicted molar refractivity (Wildman–Crippen MR) is 136 cm³/mol. The number of hydrogen-bond donors (Lipinski definition) is 1. The molecular formula is C26H32N4OS. The van der Waals surface area contributed by atoms with E-state index in [0.29, 0.717) is 13.1 Å². The van der Waals surface area contributed by atoms with Gasteiger partial charge in [-0.05, 0) is 56.2 Å². The van der Waals surface area contributed by atoms with Crippen LogP contribution in [-0.2, 0) is 0 Å². The number of carbonyl (C=O) groups excluding carboxylic acids is 1. The van der Waals surface area contributed by atoms with Crippen LogP contribution in [0.3, 0.4) is 0 Å². The van der Waals surface area contributed by atoms with Gasteiger partial charge in [0.15, 0.2) is 5.66 Å². The highest BCUT2D eigenvalue weighted by molar-refractivity contribution is 8.15. The SMILES string of the molecule is CCCSC1=NC2(CCN(C(=O)Nc3ccc(C)c(C)c3)CC2)N=C1c1ccc(C)cc1. The molecule has 1 N–H and O–H groups in total. The van der Waals surface area contributed by atoms with E-state index in [9.17, 15) is 4.79 Å². The number of aliphatic imine (C=N–C) groups is 2. The van der Waals surface area contributed by atoms with Crippen molar-refractivity contribution in [3.05, 3.63) is 64.7 Å². The molecule has 0 aromatic heterocycles. The minimum absolute atomic E-state index is 0.0478. The van der Waals surface area contributed by atoms with Crippen molar-refractivity contribution < 1.29 is 4.79 Å². The van der Waals surface area contributed by atoms with E-state index in [4.69, 9.17) is 9.98 Å².